The van der Waals surface area contributed by atoms with E-state index < -0.39 is 65.4 Å². The van der Waals surface area contributed by atoms with Gasteiger partial charge in [-0.3, -0.25) is 4.79 Å². The van der Waals surface area contributed by atoms with Crippen molar-refractivity contribution >= 4 is 58.0 Å². The SMILES string of the molecule is O=C(O)c1ccc2ccc(C(=O)O)cc2c1.O=C(O[C@@H]1[C@@H](O)[C@H](O)[C@@H](C(=O)O)O[C@H]1Sc1ccccc1)C1C2CC3(OCCO3)C1CC2Cl. The minimum absolute atomic E-state index is 0.148. The van der Waals surface area contributed by atoms with E-state index in [0.29, 0.717) is 31.4 Å². The summed E-state index contributed by atoms with van der Waals surface area (Å²) in [5.74, 6) is -5.97. The van der Waals surface area contributed by atoms with Gasteiger partial charge in [0.2, 0.25) is 0 Å². The Morgan fingerprint density at radius 2 is 1.45 bits per heavy atom. The molecule has 3 aromatic carbocycles. The highest BCUT2D eigenvalue weighted by Gasteiger charge is 2.66. The summed E-state index contributed by atoms with van der Waals surface area (Å²) in [4.78, 5) is 47.1. The smallest absolute Gasteiger partial charge is 0.335 e. The predicted octanol–water partition coefficient (Wildman–Crippen LogP) is 3.46. The molecule has 7 rings (SSSR count). The monoisotopic (exact) mass is 716 g/mol. The van der Waals surface area contributed by atoms with E-state index in [0.717, 1.165) is 22.0 Å². The lowest BCUT2D eigenvalue weighted by Crippen LogP contribution is -2.60. The summed E-state index contributed by atoms with van der Waals surface area (Å²) in [5.41, 5.74) is -0.750. The Kier molecular flexibility index (Phi) is 10.2. The van der Waals surface area contributed by atoms with Gasteiger partial charge >= 0.3 is 23.9 Å². The van der Waals surface area contributed by atoms with Crippen molar-refractivity contribution in [3.05, 3.63) is 77.9 Å². The van der Waals surface area contributed by atoms with Gasteiger partial charge in [-0.15, -0.1) is 11.6 Å². The molecular formula is C34H33ClO13S. The lowest BCUT2D eigenvalue weighted by Gasteiger charge is -2.40. The van der Waals surface area contributed by atoms with Crippen molar-refractivity contribution in [2.75, 3.05) is 13.2 Å². The number of rotatable bonds is 7. The fraction of sp³-hybridized carbons (Fsp3) is 0.412. The standard InChI is InChI=1S/C22H25ClO9S.C12H8O4/c23-13-8-12-14(11(13)9-22(12)29-6-7-30-22)20(28)31-18-16(25)15(24)17(19(26)27)32-21(18)33-10-4-2-1-3-5-10;13-11(14)8-3-1-7-2-4-9(12(15)16)6-10(7)5-8/h1-5,11-18,21,24-25H,6-9H2,(H,26,27);1-6H,(H,13,14)(H,15,16)/t11?,12?,13?,14?,15-,16-,17-,18+,21-;/m0./s1. The van der Waals surface area contributed by atoms with Crippen LogP contribution in [0.3, 0.4) is 0 Å². The molecule has 2 heterocycles. The van der Waals surface area contributed by atoms with Crippen LogP contribution in [-0.2, 0) is 28.5 Å². The molecule has 0 amide bonds. The number of halogens is 1. The average molecular weight is 717 g/mol. The number of aromatic carboxylic acids is 2. The fourth-order valence-electron chi connectivity index (χ4n) is 7.04. The summed E-state index contributed by atoms with van der Waals surface area (Å²) < 4.78 is 23.1. The third-order valence-corrected chi connectivity index (χ3v) is 11.0. The molecule has 260 valence electrons. The molecule has 5 N–H and O–H groups in total. The third-order valence-electron chi connectivity index (χ3n) is 9.34. The first-order valence-corrected chi connectivity index (χ1v) is 16.8. The second-order valence-electron chi connectivity index (χ2n) is 12.2. The number of hydrogen-bond donors (Lipinski definition) is 5. The Labute approximate surface area is 288 Å². The number of aliphatic hydroxyl groups is 2. The van der Waals surface area contributed by atoms with Crippen LogP contribution < -0.4 is 0 Å². The molecule has 2 saturated heterocycles. The maximum absolute atomic E-state index is 13.4. The van der Waals surface area contributed by atoms with E-state index in [1.165, 1.54) is 24.3 Å². The summed E-state index contributed by atoms with van der Waals surface area (Å²) in [6.07, 6.45) is -5.33. The number of benzene rings is 3. The number of aliphatic carboxylic acids is 1. The minimum atomic E-state index is -1.76. The van der Waals surface area contributed by atoms with Crippen LogP contribution >= 0.6 is 23.4 Å². The third kappa shape index (κ3) is 6.99. The van der Waals surface area contributed by atoms with Crippen LogP contribution in [0.15, 0.2) is 71.6 Å². The predicted molar refractivity (Wildman–Crippen MR) is 172 cm³/mol. The van der Waals surface area contributed by atoms with Crippen molar-refractivity contribution in [1.82, 2.24) is 0 Å². The van der Waals surface area contributed by atoms with E-state index in [4.69, 9.17) is 40.8 Å². The van der Waals surface area contributed by atoms with Crippen LogP contribution in [0.1, 0.15) is 33.6 Å². The van der Waals surface area contributed by atoms with Crippen molar-refractivity contribution in [2.24, 2.45) is 17.8 Å². The second-order valence-corrected chi connectivity index (χ2v) is 14.0. The quantitative estimate of drug-likeness (QED) is 0.175. The van der Waals surface area contributed by atoms with Gasteiger partial charge in [0.15, 0.2) is 18.0 Å². The van der Waals surface area contributed by atoms with Crippen LogP contribution in [-0.4, -0.2) is 104 Å². The average Bonchev–Trinajstić information content (AvgIpc) is 3.77. The molecule has 2 bridgehead atoms. The van der Waals surface area contributed by atoms with E-state index in [1.54, 1.807) is 36.4 Å². The fourth-order valence-corrected chi connectivity index (χ4v) is 8.58. The van der Waals surface area contributed by atoms with Gasteiger partial charge in [0.05, 0.1) is 30.3 Å². The van der Waals surface area contributed by atoms with Crippen LogP contribution in [0.4, 0.5) is 0 Å². The van der Waals surface area contributed by atoms with E-state index in [2.05, 4.69) is 0 Å². The Balaban J connectivity index is 0.000000218. The zero-order chi connectivity index (χ0) is 35.0. The molecular weight excluding hydrogens is 684 g/mol. The maximum Gasteiger partial charge on any atom is 0.335 e. The van der Waals surface area contributed by atoms with Crippen molar-refractivity contribution in [3.8, 4) is 0 Å². The largest absolute Gasteiger partial charge is 0.479 e. The highest BCUT2D eigenvalue weighted by atomic mass is 35.5. The summed E-state index contributed by atoms with van der Waals surface area (Å²) in [6, 6.07) is 18.2. The Bertz CT molecular complexity index is 1680. The first-order chi connectivity index (χ1) is 23.4. The van der Waals surface area contributed by atoms with Gasteiger partial charge in [-0.1, -0.05) is 42.1 Å². The van der Waals surface area contributed by atoms with Gasteiger partial charge in [0.1, 0.15) is 17.6 Å². The van der Waals surface area contributed by atoms with Gasteiger partial charge < -0.3 is 44.5 Å². The molecule has 49 heavy (non-hydrogen) atoms. The Morgan fingerprint density at radius 3 is 2.02 bits per heavy atom. The van der Waals surface area contributed by atoms with Crippen LogP contribution in [0.25, 0.3) is 10.8 Å². The van der Waals surface area contributed by atoms with Crippen molar-refractivity contribution in [1.29, 1.82) is 0 Å². The first-order valence-electron chi connectivity index (χ1n) is 15.5. The molecule has 9 atom stereocenters. The number of carbonyl (C=O) groups excluding carboxylic acids is 1. The van der Waals surface area contributed by atoms with E-state index in [9.17, 15) is 34.5 Å². The zero-order valence-electron chi connectivity index (χ0n) is 25.7. The number of carboxylic acids is 3. The molecule has 1 spiro atoms. The molecule has 4 aliphatic rings. The number of fused-ring (bicyclic) bond motifs is 4. The normalized spacial score (nSPS) is 31.2. The summed E-state index contributed by atoms with van der Waals surface area (Å²) >= 11 is 7.60. The lowest BCUT2D eigenvalue weighted by molar-refractivity contribution is -0.223. The number of alkyl halides is 1. The molecule has 2 saturated carbocycles. The van der Waals surface area contributed by atoms with Gasteiger partial charge in [-0.05, 0) is 59.5 Å². The Morgan fingerprint density at radius 1 is 0.837 bits per heavy atom. The highest BCUT2D eigenvalue weighted by molar-refractivity contribution is 7.99. The molecule has 2 aliphatic heterocycles. The number of carboxylic acid groups (broad SMARTS) is 3. The van der Waals surface area contributed by atoms with Gasteiger partial charge in [0.25, 0.3) is 0 Å². The van der Waals surface area contributed by atoms with Gasteiger partial charge in [-0.25, -0.2) is 14.4 Å². The molecule has 15 heteroatoms. The minimum Gasteiger partial charge on any atom is -0.479 e. The summed E-state index contributed by atoms with van der Waals surface area (Å²) in [6.45, 7) is 0.900. The Hall–Kier alpha value is -3.76. The number of aliphatic hydroxyl groups excluding tert-OH is 2. The molecule has 0 radical (unpaired) electrons. The second kappa shape index (κ2) is 14.2. The zero-order valence-corrected chi connectivity index (χ0v) is 27.2. The topological polar surface area (TPSA) is 206 Å². The van der Waals surface area contributed by atoms with Crippen molar-refractivity contribution in [2.45, 2.75) is 58.8 Å². The molecule has 3 aromatic rings. The number of ether oxygens (including phenoxy) is 4. The molecule has 4 fully saturated rings. The lowest BCUT2D eigenvalue weighted by atomic mass is 9.93. The number of esters is 1. The van der Waals surface area contributed by atoms with E-state index in [-0.39, 0.29) is 28.3 Å². The van der Waals surface area contributed by atoms with Crippen molar-refractivity contribution in [3.63, 3.8) is 0 Å². The highest BCUT2D eigenvalue weighted by Crippen LogP contribution is 2.60. The molecule has 2 aliphatic carbocycles. The van der Waals surface area contributed by atoms with Gasteiger partial charge in [0, 0.05) is 22.6 Å². The first kappa shape index (κ1) is 35.1. The molecule has 0 aromatic heterocycles. The number of thioether (sulfide) groups is 1. The van der Waals surface area contributed by atoms with E-state index >= 15 is 0 Å². The summed E-state index contributed by atoms with van der Waals surface area (Å²) in [5, 5.41) is 49.3. The molecule has 13 nitrogen and oxygen atoms in total. The number of carbonyl (C=O) groups is 4. The maximum atomic E-state index is 13.4. The number of hydrogen-bond acceptors (Lipinski definition) is 11. The van der Waals surface area contributed by atoms with Crippen LogP contribution in [0.2, 0.25) is 0 Å². The van der Waals surface area contributed by atoms with Crippen LogP contribution in [0, 0.1) is 17.8 Å². The molecule has 4 unspecified atom stereocenters. The van der Waals surface area contributed by atoms with Crippen LogP contribution in [0.5, 0.6) is 0 Å². The van der Waals surface area contributed by atoms with E-state index in [1.807, 2.05) is 6.07 Å². The summed E-state index contributed by atoms with van der Waals surface area (Å²) in [7, 11) is 0. The van der Waals surface area contributed by atoms with Crippen molar-refractivity contribution < 1.29 is 63.7 Å². The van der Waals surface area contributed by atoms with Gasteiger partial charge in [-0.2, -0.15) is 0 Å².